The molecule has 5 unspecified atom stereocenters. The zero-order chi connectivity index (χ0) is 12.6. The van der Waals surface area contributed by atoms with Crippen LogP contribution >= 0.6 is 0 Å². The normalized spacial score (nSPS) is 39.2. The van der Waals surface area contributed by atoms with E-state index in [1.807, 2.05) is 0 Å². The van der Waals surface area contributed by atoms with Crippen LogP contribution < -0.4 is 0 Å². The second-order valence-electron chi connectivity index (χ2n) is 6.21. The molecule has 0 bridgehead atoms. The maximum Gasteiger partial charge on any atom is -0.0157 e. The zero-order valence-corrected chi connectivity index (χ0v) is 11.9. The van der Waals surface area contributed by atoms with E-state index in [-0.39, 0.29) is 0 Å². The lowest BCUT2D eigenvalue weighted by Gasteiger charge is -2.28. The van der Waals surface area contributed by atoms with Crippen molar-refractivity contribution in [2.24, 2.45) is 29.6 Å². The minimum Gasteiger partial charge on any atom is -0.0622 e. The van der Waals surface area contributed by atoms with Crippen molar-refractivity contribution in [2.45, 2.75) is 40.5 Å². The van der Waals surface area contributed by atoms with Crippen LogP contribution in [0.15, 0.2) is 30.3 Å². The lowest BCUT2D eigenvalue weighted by atomic mass is 9.76. The first-order valence-electron chi connectivity index (χ1n) is 7.09. The highest BCUT2D eigenvalue weighted by Crippen LogP contribution is 2.50. The van der Waals surface area contributed by atoms with Gasteiger partial charge in [-0.25, -0.2) is 0 Å². The Morgan fingerprint density at radius 3 is 1.71 bits per heavy atom. The van der Waals surface area contributed by atoms with E-state index in [1.165, 1.54) is 5.56 Å². The fourth-order valence-corrected chi connectivity index (χ4v) is 4.03. The Labute approximate surface area is 106 Å². The monoisotopic (exact) mass is 230 g/mol. The molecule has 5 atom stereocenters. The van der Waals surface area contributed by atoms with E-state index in [2.05, 4.69) is 65.0 Å². The van der Waals surface area contributed by atoms with Crippen molar-refractivity contribution in [2.75, 3.05) is 0 Å². The van der Waals surface area contributed by atoms with Crippen LogP contribution in [0.2, 0.25) is 0 Å². The summed E-state index contributed by atoms with van der Waals surface area (Å²) in [4.78, 5) is 0. The number of hydrogen-bond donors (Lipinski definition) is 0. The third-order valence-corrected chi connectivity index (χ3v) is 5.60. The van der Waals surface area contributed by atoms with E-state index in [1.54, 1.807) is 0 Å². The molecule has 1 aromatic rings. The SMILES string of the molecule is CC(c1ccccc1)C1C(C)C(C)C(C)C1C. The highest BCUT2D eigenvalue weighted by Gasteiger charge is 2.43. The average molecular weight is 230 g/mol. The van der Waals surface area contributed by atoms with E-state index >= 15 is 0 Å². The predicted molar refractivity (Wildman–Crippen MR) is 75.0 cm³/mol. The molecule has 0 heterocycles. The lowest BCUT2D eigenvalue weighted by molar-refractivity contribution is 0.275. The molecule has 0 N–H and O–H groups in total. The first kappa shape index (κ1) is 12.7. The molecule has 17 heavy (non-hydrogen) atoms. The highest BCUT2D eigenvalue weighted by molar-refractivity contribution is 5.20. The van der Waals surface area contributed by atoms with E-state index in [4.69, 9.17) is 0 Å². The van der Waals surface area contributed by atoms with Crippen molar-refractivity contribution in [3.63, 3.8) is 0 Å². The molecule has 0 nitrogen and oxygen atoms in total. The Morgan fingerprint density at radius 1 is 0.765 bits per heavy atom. The second-order valence-corrected chi connectivity index (χ2v) is 6.21. The Bertz CT molecular complexity index is 340. The fraction of sp³-hybridized carbons (Fsp3) is 0.647. The van der Waals surface area contributed by atoms with Crippen molar-refractivity contribution in [3.05, 3.63) is 35.9 Å². The number of hydrogen-bond acceptors (Lipinski definition) is 0. The van der Waals surface area contributed by atoms with Gasteiger partial charge in [-0.05, 0) is 41.1 Å². The van der Waals surface area contributed by atoms with Gasteiger partial charge in [0.15, 0.2) is 0 Å². The van der Waals surface area contributed by atoms with Gasteiger partial charge in [0.2, 0.25) is 0 Å². The van der Waals surface area contributed by atoms with Crippen molar-refractivity contribution in [3.8, 4) is 0 Å². The van der Waals surface area contributed by atoms with Crippen molar-refractivity contribution < 1.29 is 0 Å². The Balaban J connectivity index is 2.23. The van der Waals surface area contributed by atoms with Gasteiger partial charge in [-0.2, -0.15) is 0 Å². The van der Waals surface area contributed by atoms with Gasteiger partial charge in [-0.15, -0.1) is 0 Å². The molecule has 1 fully saturated rings. The average Bonchev–Trinajstić information content (AvgIpc) is 2.54. The molecule has 1 saturated carbocycles. The van der Waals surface area contributed by atoms with Crippen molar-refractivity contribution in [1.29, 1.82) is 0 Å². The summed E-state index contributed by atoms with van der Waals surface area (Å²) >= 11 is 0. The van der Waals surface area contributed by atoms with Crippen molar-refractivity contribution in [1.82, 2.24) is 0 Å². The molecule has 1 aromatic carbocycles. The minimum absolute atomic E-state index is 0.689. The summed E-state index contributed by atoms with van der Waals surface area (Å²) in [5, 5.41) is 0. The molecule has 0 radical (unpaired) electrons. The van der Waals surface area contributed by atoms with Crippen LogP contribution in [0.5, 0.6) is 0 Å². The van der Waals surface area contributed by atoms with Gasteiger partial charge in [0.1, 0.15) is 0 Å². The quantitative estimate of drug-likeness (QED) is 0.673. The first-order chi connectivity index (χ1) is 8.04. The van der Waals surface area contributed by atoms with Crippen LogP contribution in [0.25, 0.3) is 0 Å². The van der Waals surface area contributed by atoms with Gasteiger partial charge < -0.3 is 0 Å². The predicted octanol–water partition coefficient (Wildman–Crippen LogP) is 4.96. The summed E-state index contributed by atoms with van der Waals surface area (Å²) in [5.74, 6) is 4.93. The van der Waals surface area contributed by atoms with Crippen LogP contribution in [0, 0.1) is 29.6 Å². The second kappa shape index (κ2) is 4.84. The maximum absolute atomic E-state index is 2.45. The molecule has 0 heteroatoms. The van der Waals surface area contributed by atoms with Gasteiger partial charge in [-0.3, -0.25) is 0 Å². The molecule has 0 spiro atoms. The van der Waals surface area contributed by atoms with Gasteiger partial charge in [0.05, 0.1) is 0 Å². The maximum atomic E-state index is 2.45. The van der Waals surface area contributed by atoms with Crippen LogP contribution in [-0.4, -0.2) is 0 Å². The summed E-state index contributed by atoms with van der Waals surface area (Å²) in [6.07, 6.45) is 0. The Hall–Kier alpha value is -0.780. The standard InChI is InChI=1S/C17H26/c1-11-12(2)14(4)17(13(11)3)15(5)16-9-7-6-8-10-16/h6-15,17H,1-5H3. The van der Waals surface area contributed by atoms with E-state index in [0.717, 1.165) is 29.6 Å². The molecule has 2 rings (SSSR count). The van der Waals surface area contributed by atoms with Crippen LogP contribution in [-0.2, 0) is 0 Å². The van der Waals surface area contributed by atoms with Crippen molar-refractivity contribution >= 4 is 0 Å². The summed E-state index contributed by atoms with van der Waals surface area (Å²) in [7, 11) is 0. The Morgan fingerprint density at radius 2 is 1.24 bits per heavy atom. The molecular formula is C17H26. The van der Waals surface area contributed by atoms with Crippen LogP contribution in [0.4, 0.5) is 0 Å². The minimum atomic E-state index is 0.689. The molecule has 0 aromatic heterocycles. The zero-order valence-electron chi connectivity index (χ0n) is 11.9. The molecule has 0 amide bonds. The molecule has 0 saturated heterocycles. The number of rotatable bonds is 2. The topological polar surface area (TPSA) is 0 Å². The largest absolute Gasteiger partial charge is 0.0622 e. The molecule has 94 valence electrons. The van der Waals surface area contributed by atoms with E-state index < -0.39 is 0 Å². The number of benzene rings is 1. The lowest BCUT2D eigenvalue weighted by Crippen LogP contribution is -2.20. The Kier molecular flexibility index (Phi) is 3.61. The third-order valence-electron chi connectivity index (χ3n) is 5.60. The molecule has 1 aliphatic carbocycles. The van der Waals surface area contributed by atoms with Gasteiger partial charge in [-0.1, -0.05) is 65.0 Å². The highest BCUT2D eigenvalue weighted by atomic mass is 14.5. The summed E-state index contributed by atoms with van der Waals surface area (Å²) in [5.41, 5.74) is 1.51. The van der Waals surface area contributed by atoms with Gasteiger partial charge >= 0.3 is 0 Å². The first-order valence-corrected chi connectivity index (χ1v) is 7.09. The summed E-state index contributed by atoms with van der Waals surface area (Å²) in [6, 6.07) is 11.0. The van der Waals surface area contributed by atoms with Crippen LogP contribution in [0.3, 0.4) is 0 Å². The molecular weight excluding hydrogens is 204 g/mol. The third kappa shape index (κ3) is 2.14. The smallest absolute Gasteiger partial charge is 0.0157 e. The van der Waals surface area contributed by atoms with Crippen LogP contribution in [0.1, 0.15) is 46.1 Å². The molecule has 0 aliphatic heterocycles. The van der Waals surface area contributed by atoms with Gasteiger partial charge in [0, 0.05) is 0 Å². The van der Waals surface area contributed by atoms with E-state index in [0.29, 0.717) is 5.92 Å². The fourth-order valence-electron chi connectivity index (χ4n) is 4.03. The summed E-state index contributed by atoms with van der Waals surface area (Å²) < 4.78 is 0. The molecule has 1 aliphatic rings. The van der Waals surface area contributed by atoms with E-state index in [9.17, 15) is 0 Å². The summed E-state index contributed by atoms with van der Waals surface area (Å²) in [6.45, 7) is 12.2. The van der Waals surface area contributed by atoms with Gasteiger partial charge in [0.25, 0.3) is 0 Å².